The minimum Gasteiger partial charge on any atom is -0.383 e. The second-order valence-corrected chi connectivity index (χ2v) is 7.79. The van der Waals surface area contributed by atoms with Crippen LogP contribution >= 0.6 is 11.6 Å². The minimum absolute atomic E-state index is 0.166. The predicted octanol–water partition coefficient (Wildman–Crippen LogP) is 2.78. The quantitative estimate of drug-likeness (QED) is 0.742. The van der Waals surface area contributed by atoms with Crippen LogP contribution < -0.4 is 0 Å². The number of aromatic nitrogens is 2. The Morgan fingerprint density at radius 3 is 2.54 bits per heavy atom. The van der Waals surface area contributed by atoms with E-state index in [0.29, 0.717) is 11.4 Å². The highest BCUT2D eigenvalue weighted by Crippen LogP contribution is 2.23. The number of hydrogen-bond donors (Lipinski definition) is 0. The fourth-order valence-electron chi connectivity index (χ4n) is 3.60. The van der Waals surface area contributed by atoms with Gasteiger partial charge in [0.15, 0.2) is 0 Å². The van der Waals surface area contributed by atoms with Gasteiger partial charge < -0.3 is 9.64 Å². The summed E-state index contributed by atoms with van der Waals surface area (Å²) in [7, 11) is 1.72. The molecule has 0 bridgehead atoms. The summed E-state index contributed by atoms with van der Waals surface area (Å²) in [6.45, 7) is 10.9. The van der Waals surface area contributed by atoms with Gasteiger partial charge in [-0.15, -0.1) is 0 Å². The average Bonchev–Trinajstić information content (AvgIpc) is 2.97. The molecule has 28 heavy (non-hydrogen) atoms. The van der Waals surface area contributed by atoms with Gasteiger partial charge in [0.05, 0.1) is 24.4 Å². The van der Waals surface area contributed by atoms with E-state index in [9.17, 15) is 4.79 Å². The third-order valence-corrected chi connectivity index (χ3v) is 5.91. The van der Waals surface area contributed by atoms with Gasteiger partial charge in [0.25, 0.3) is 0 Å². The Morgan fingerprint density at radius 2 is 1.89 bits per heavy atom. The van der Waals surface area contributed by atoms with Crippen LogP contribution in [0.25, 0.3) is 5.69 Å². The number of hydrogen-bond acceptors (Lipinski definition) is 4. The first-order chi connectivity index (χ1) is 13.4. The molecular formula is C21H29ClN4O2. The Labute approximate surface area is 172 Å². The van der Waals surface area contributed by atoms with Gasteiger partial charge in [-0.05, 0) is 38.5 Å². The van der Waals surface area contributed by atoms with Crippen LogP contribution in [0.5, 0.6) is 0 Å². The monoisotopic (exact) mass is 404 g/mol. The first-order valence-corrected chi connectivity index (χ1v) is 10.1. The van der Waals surface area contributed by atoms with Crippen LogP contribution in [-0.4, -0.2) is 71.9 Å². The van der Waals surface area contributed by atoms with E-state index in [4.69, 9.17) is 16.3 Å². The number of nitrogens with zero attached hydrogens (tertiary/aromatic N) is 4. The molecule has 152 valence electrons. The Hall–Kier alpha value is -1.89. The van der Waals surface area contributed by atoms with Gasteiger partial charge >= 0.3 is 0 Å². The second-order valence-electron chi connectivity index (χ2n) is 7.39. The number of aryl methyl sites for hydroxylation is 2. The predicted molar refractivity (Wildman–Crippen MR) is 111 cm³/mol. The molecular weight excluding hydrogens is 376 g/mol. The van der Waals surface area contributed by atoms with Crippen molar-refractivity contribution >= 4 is 17.5 Å². The van der Waals surface area contributed by atoms with E-state index in [-0.39, 0.29) is 5.91 Å². The van der Waals surface area contributed by atoms with Gasteiger partial charge in [-0.2, -0.15) is 5.10 Å². The largest absolute Gasteiger partial charge is 0.383 e. The number of methoxy groups -OCH3 is 1. The molecule has 0 saturated carbocycles. The molecule has 0 radical (unpaired) electrons. The number of ether oxygens (including phenoxy) is 1. The molecule has 0 aliphatic carbocycles. The standard InChI is InChI=1S/C21H29ClN4O2/c1-15-5-6-18(13-20(15)22)26-17(3)19(16(2)23-26)14-21(27)25-9-7-24(8-10-25)11-12-28-4/h5-6,13H,7-12,14H2,1-4H3. The zero-order valence-electron chi connectivity index (χ0n) is 17.2. The lowest BCUT2D eigenvalue weighted by atomic mass is 10.1. The van der Waals surface area contributed by atoms with Crippen LogP contribution in [0, 0.1) is 20.8 Å². The number of carbonyl (C=O) groups excluding carboxylic acids is 1. The highest BCUT2D eigenvalue weighted by atomic mass is 35.5. The number of piperazine rings is 1. The summed E-state index contributed by atoms with van der Waals surface area (Å²) < 4.78 is 7.02. The zero-order valence-corrected chi connectivity index (χ0v) is 17.9. The van der Waals surface area contributed by atoms with E-state index in [1.807, 2.05) is 48.6 Å². The zero-order chi connectivity index (χ0) is 20.3. The smallest absolute Gasteiger partial charge is 0.227 e. The van der Waals surface area contributed by atoms with Crippen molar-refractivity contribution in [2.45, 2.75) is 27.2 Å². The molecule has 2 heterocycles. The van der Waals surface area contributed by atoms with Crippen molar-refractivity contribution in [3.8, 4) is 5.69 Å². The van der Waals surface area contributed by atoms with Gasteiger partial charge in [-0.3, -0.25) is 9.69 Å². The molecule has 2 aromatic rings. The van der Waals surface area contributed by atoms with Gasteiger partial charge in [0, 0.05) is 56.1 Å². The van der Waals surface area contributed by atoms with Crippen LogP contribution in [0.15, 0.2) is 18.2 Å². The first kappa shape index (κ1) is 20.8. The molecule has 1 saturated heterocycles. The lowest BCUT2D eigenvalue weighted by Gasteiger charge is -2.34. The molecule has 1 aromatic heterocycles. The normalized spacial score (nSPS) is 15.2. The number of benzene rings is 1. The summed E-state index contributed by atoms with van der Waals surface area (Å²) in [6, 6.07) is 5.91. The topological polar surface area (TPSA) is 50.6 Å². The van der Waals surface area contributed by atoms with E-state index in [1.54, 1.807) is 7.11 Å². The highest BCUT2D eigenvalue weighted by molar-refractivity contribution is 6.31. The summed E-state index contributed by atoms with van der Waals surface area (Å²) in [5, 5.41) is 5.38. The summed E-state index contributed by atoms with van der Waals surface area (Å²) in [4.78, 5) is 17.2. The highest BCUT2D eigenvalue weighted by Gasteiger charge is 2.23. The third kappa shape index (κ3) is 4.57. The number of rotatable bonds is 6. The lowest BCUT2D eigenvalue weighted by Crippen LogP contribution is -2.49. The first-order valence-electron chi connectivity index (χ1n) is 9.71. The van der Waals surface area contributed by atoms with Crippen molar-refractivity contribution in [2.24, 2.45) is 0 Å². The fraction of sp³-hybridized carbons (Fsp3) is 0.524. The fourth-order valence-corrected chi connectivity index (χ4v) is 3.77. The molecule has 0 atom stereocenters. The van der Waals surface area contributed by atoms with Crippen molar-refractivity contribution < 1.29 is 9.53 Å². The van der Waals surface area contributed by atoms with Crippen LogP contribution in [-0.2, 0) is 16.0 Å². The Balaban J connectivity index is 1.69. The van der Waals surface area contributed by atoms with Crippen LogP contribution in [0.1, 0.15) is 22.5 Å². The Kier molecular flexibility index (Phi) is 6.75. The SMILES string of the molecule is COCCN1CCN(C(=O)Cc2c(C)nn(-c3ccc(C)c(Cl)c3)c2C)CC1. The van der Waals surface area contributed by atoms with Crippen LogP contribution in [0.2, 0.25) is 5.02 Å². The molecule has 0 unspecified atom stereocenters. The number of carbonyl (C=O) groups is 1. The van der Waals surface area contributed by atoms with Crippen molar-refractivity contribution in [3.63, 3.8) is 0 Å². The van der Waals surface area contributed by atoms with Crippen molar-refractivity contribution in [2.75, 3.05) is 46.4 Å². The average molecular weight is 405 g/mol. The van der Waals surface area contributed by atoms with Crippen LogP contribution in [0.4, 0.5) is 0 Å². The number of halogens is 1. The summed E-state index contributed by atoms with van der Waals surface area (Å²) in [6.07, 6.45) is 0.384. The maximum Gasteiger partial charge on any atom is 0.227 e. The molecule has 6 nitrogen and oxygen atoms in total. The van der Waals surface area contributed by atoms with E-state index in [1.165, 1.54) is 0 Å². The molecule has 1 aliphatic rings. The van der Waals surface area contributed by atoms with Crippen molar-refractivity contribution in [1.82, 2.24) is 19.6 Å². The minimum atomic E-state index is 0.166. The Bertz CT molecular complexity index is 841. The van der Waals surface area contributed by atoms with Gasteiger partial charge in [0.1, 0.15) is 0 Å². The van der Waals surface area contributed by atoms with E-state index in [2.05, 4.69) is 10.00 Å². The van der Waals surface area contributed by atoms with E-state index >= 15 is 0 Å². The van der Waals surface area contributed by atoms with Gasteiger partial charge in [-0.1, -0.05) is 17.7 Å². The summed E-state index contributed by atoms with van der Waals surface area (Å²) in [5.74, 6) is 0.166. The Morgan fingerprint density at radius 1 is 1.18 bits per heavy atom. The number of amides is 1. The molecule has 1 fully saturated rings. The lowest BCUT2D eigenvalue weighted by molar-refractivity contribution is -0.132. The molecule has 0 spiro atoms. The van der Waals surface area contributed by atoms with Gasteiger partial charge in [0.2, 0.25) is 5.91 Å². The maximum atomic E-state index is 12.9. The van der Waals surface area contributed by atoms with Crippen molar-refractivity contribution in [1.29, 1.82) is 0 Å². The molecule has 7 heteroatoms. The second kappa shape index (κ2) is 9.07. The molecule has 0 N–H and O–H groups in total. The summed E-state index contributed by atoms with van der Waals surface area (Å²) >= 11 is 6.28. The molecule has 1 aromatic carbocycles. The molecule has 1 aliphatic heterocycles. The molecule has 3 rings (SSSR count). The van der Waals surface area contributed by atoms with Gasteiger partial charge in [-0.25, -0.2) is 4.68 Å². The third-order valence-electron chi connectivity index (χ3n) is 5.51. The van der Waals surface area contributed by atoms with Crippen LogP contribution in [0.3, 0.4) is 0 Å². The van der Waals surface area contributed by atoms with Crippen molar-refractivity contribution in [3.05, 3.63) is 45.7 Å². The summed E-state index contributed by atoms with van der Waals surface area (Å²) in [5.41, 5.74) is 4.84. The van der Waals surface area contributed by atoms with E-state index in [0.717, 1.165) is 67.5 Å². The van der Waals surface area contributed by atoms with E-state index < -0.39 is 0 Å². The molecule has 1 amide bonds. The maximum absolute atomic E-state index is 12.9.